The van der Waals surface area contributed by atoms with Crippen molar-refractivity contribution in [1.29, 1.82) is 0 Å². The molecule has 2 amide bonds. The molecule has 2 N–H and O–H groups in total. The molecule has 0 bridgehead atoms. The molecule has 4 heterocycles. The second kappa shape index (κ2) is 9.02. The van der Waals surface area contributed by atoms with Crippen LogP contribution in [-0.2, 0) is 11.3 Å². The highest BCUT2D eigenvalue weighted by Crippen LogP contribution is 2.27. The number of piperidine rings is 1. The number of β-amino-alcohol motifs (C(OH)–C–C–N with tert-alkyl or cyclic N) is 1. The van der Waals surface area contributed by atoms with Crippen LogP contribution >= 0.6 is 11.3 Å². The Balaban J connectivity index is 1.33. The Labute approximate surface area is 174 Å². The number of thiophene rings is 1. The van der Waals surface area contributed by atoms with Gasteiger partial charge in [-0.05, 0) is 42.3 Å². The molecular weight excluding hydrogens is 388 g/mol. The van der Waals surface area contributed by atoms with E-state index in [0.29, 0.717) is 32.6 Å². The first-order valence-electron chi connectivity index (χ1n) is 10.0. The molecule has 7 nitrogen and oxygen atoms in total. The molecular formula is C21H26N4O3S. The number of likely N-dealkylation sites (tertiary alicyclic amines) is 2. The van der Waals surface area contributed by atoms with E-state index in [4.69, 9.17) is 0 Å². The predicted octanol–water partition coefficient (Wildman–Crippen LogP) is 1.50. The van der Waals surface area contributed by atoms with E-state index in [0.717, 1.165) is 24.0 Å². The molecule has 0 radical (unpaired) electrons. The number of pyridine rings is 1. The number of hydrogen-bond acceptors (Lipinski definition) is 6. The normalized spacial score (nSPS) is 23.3. The van der Waals surface area contributed by atoms with Crippen LogP contribution in [0.25, 0.3) is 0 Å². The van der Waals surface area contributed by atoms with E-state index in [2.05, 4.69) is 15.2 Å². The van der Waals surface area contributed by atoms with E-state index in [1.54, 1.807) is 12.4 Å². The monoisotopic (exact) mass is 414 g/mol. The van der Waals surface area contributed by atoms with E-state index < -0.39 is 6.10 Å². The van der Waals surface area contributed by atoms with Crippen LogP contribution in [0.2, 0.25) is 0 Å². The standard InChI is InChI=1S/C21H26N4O3S/c26-18-10-19(20(27)23-12-15-2-1-6-22-11-15)25(13-18)17-3-7-24(8-4-17)21(28)16-5-9-29-14-16/h1-2,5-6,9,11,14,17-19,26H,3-4,7-8,10,12-13H2,(H,23,27)/t18-,19+/m1/s1. The summed E-state index contributed by atoms with van der Waals surface area (Å²) < 4.78 is 0. The molecule has 0 saturated carbocycles. The third-order valence-corrected chi connectivity index (χ3v) is 6.48. The second-order valence-corrected chi connectivity index (χ2v) is 8.50. The van der Waals surface area contributed by atoms with E-state index in [1.165, 1.54) is 11.3 Å². The lowest BCUT2D eigenvalue weighted by molar-refractivity contribution is -0.126. The number of nitrogens with one attached hydrogen (secondary N) is 1. The summed E-state index contributed by atoms with van der Waals surface area (Å²) in [6.07, 6.45) is 5.03. The average Bonchev–Trinajstić information content (AvgIpc) is 3.42. The van der Waals surface area contributed by atoms with Crippen molar-refractivity contribution in [1.82, 2.24) is 20.1 Å². The van der Waals surface area contributed by atoms with Crippen LogP contribution in [0.1, 0.15) is 35.2 Å². The van der Waals surface area contributed by atoms with Crippen LogP contribution in [0.3, 0.4) is 0 Å². The van der Waals surface area contributed by atoms with Gasteiger partial charge in [0.15, 0.2) is 0 Å². The molecule has 2 aromatic heterocycles. The largest absolute Gasteiger partial charge is 0.392 e. The molecule has 2 aliphatic rings. The lowest BCUT2D eigenvalue weighted by atomic mass is 10.0. The highest BCUT2D eigenvalue weighted by Gasteiger charge is 2.40. The van der Waals surface area contributed by atoms with E-state index >= 15 is 0 Å². The van der Waals surface area contributed by atoms with Crippen molar-refractivity contribution in [3.8, 4) is 0 Å². The topological polar surface area (TPSA) is 85.8 Å². The quantitative estimate of drug-likeness (QED) is 0.775. The van der Waals surface area contributed by atoms with E-state index in [1.807, 2.05) is 33.9 Å². The SMILES string of the molecule is O=C(NCc1cccnc1)[C@@H]1C[C@@H](O)CN1C1CCN(C(=O)c2ccsc2)CC1. The van der Waals surface area contributed by atoms with Crippen molar-refractivity contribution < 1.29 is 14.7 Å². The zero-order chi connectivity index (χ0) is 20.2. The second-order valence-electron chi connectivity index (χ2n) is 7.72. The van der Waals surface area contributed by atoms with Crippen LogP contribution in [0, 0.1) is 0 Å². The minimum Gasteiger partial charge on any atom is -0.392 e. The summed E-state index contributed by atoms with van der Waals surface area (Å²) in [5.74, 6) is 0.0269. The maximum absolute atomic E-state index is 12.8. The molecule has 2 atom stereocenters. The summed E-state index contributed by atoms with van der Waals surface area (Å²) in [5.41, 5.74) is 1.70. The first-order chi connectivity index (χ1) is 14.1. The number of aliphatic hydroxyl groups is 1. The number of nitrogens with zero attached hydrogens (tertiary/aromatic N) is 3. The Bertz CT molecular complexity index is 822. The minimum absolute atomic E-state index is 0.0535. The molecule has 0 spiro atoms. The van der Waals surface area contributed by atoms with E-state index in [9.17, 15) is 14.7 Å². The minimum atomic E-state index is -0.491. The molecule has 0 aromatic carbocycles. The Hall–Kier alpha value is -2.29. The van der Waals surface area contributed by atoms with Gasteiger partial charge in [0.2, 0.25) is 5.91 Å². The maximum Gasteiger partial charge on any atom is 0.254 e. The number of aromatic nitrogens is 1. The van der Waals surface area contributed by atoms with Gasteiger partial charge >= 0.3 is 0 Å². The third-order valence-electron chi connectivity index (χ3n) is 5.80. The number of carbonyl (C=O) groups excluding carboxylic acids is 2. The Morgan fingerprint density at radius 2 is 2.10 bits per heavy atom. The summed E-state index contributed by atoms with van der Waals surface area (Å²) in [6, 6.07) is 5.50. The molecule has 154 valence electrons. The Morgan fingerprint density at radius 1 is 1.28 bits per heavy atom. The van der Waals surface area contributed by atoms with Gasteiger partial charge in [-0.25, -0.2) is 0 Å². The third kappa shape index (κ3) is 4.66. The van der Waals surface area contributed by atoms with Crippen LogP contribution in [-0.4, -0.2) is 69.5 Å². The lowest BCUT2D eigenvalue weighted by Gasteiger charge is -2.38. The van der Waals surface area contributed by atoms with Crippen LogP contribution in [0.5, 0.6) is 0 Å². The number of hydrogen-bond donors (Lipinski definition) is 2. The van der Waals surface area contributed by atoms with Crippen molar-refractivity contribution in [2.24, 2.45) is 0 Å². The Kier molecular flexibility index (Phi) is 6.22. The van der Waals surface area contributed by atoms with Crippen LogP contribution in [0.4, 0.5) is 0 Å². The first kappa shape index (κ1) is 20.0. The first-order valence-corrected chi connectivity index (χ1v) is 11.0. The number of rotatable bonds is 5. The molecule has 0 unspecified atom stereocenters. The fourth-order valence-electron chi connectivity index (χ4n) is 4.28. The molecule has 2 aromatic rings. The molecule has 8 heteroatoms. The number of aliphatic hydroxyl groups excluding tert-OH is 1. The van der Waals surface area contributed by atoms with Gasteiger partial charge in [-0.1, -0.05) is 6.07 Å². The zero-order valence-electron chi connectivity index (χ0n) is 16.2. The van der Waals surface area contributed by atoms with Gasteiger partial charge in [0.25, 0.3) is 5.91 Å². The maximum atomic E-state index is 12.8. The zero-order valence-corrected chi connectivity index (χ0v) is 17.1. The van der Waals surface area contributed by atoms with Crippen molar-refractivity contribution in [2.45, 2.75) is 44.0 Å². The number of carbonyl (C=O) groups is 2. The summed E-state index contributed by atoms with van der Waals surface area (Å²) in [5, 5.41) is 17.0. The summed E-state index contributed by atoms with van der Waals surface area (Å²) in [6.45, 7) is 2.29. The summed E-state index contributed by atoms with van der Waals surface area (Å²) in [7, 11) is 0. The van der Waals surface area contributed by atoms with E-state index in [-0.39, 0.29) is 23.9 Å². The van der Waals surface area contributed by atoms with Crippen molar-refractivity contribution in [3.63, 3.8) is 0 Å². The van der Waals surface area contributed by atoms with Crippen molar-refractivity contribution in [3.05, 3.63) is 52.5 Å². The van der Waals surface area contributed by atoms with Gasteiger partial charge in [0.05, 0.1) is 17.7 Å². The highest BCUT2D eigenvalue weighted by atomic mass is 32.1. The predicted molar refractivity (Wildman–Crippen MR) is 110 cm³/mol. The smallest absolute Gasteiger partial charge is 0.254 e. The van der Waals surface area contributed by atoms with Gasteiger partial charge < -0.3 is 15.3 Å². The van der Waals surface area contributed by atoms with Gasteiger partial charge in [0, 0.05) is 50.0 Å². The molecule has 29 heavy (non-hydrogen) atoms. The van der Waals surface area contributed by atoms with Crippen LogP contribution < -0.4 is 5.32 Å². The lowest BCUT2D eigenvalue weighted by Crippen LogP contribution is -2.52. The van der Waals surface area contributed by atoms with Gasteiger partial charge in [-0.15, -0.1) is 0 Å². The highest BCUT2D eigenvalue weighted by molar-refractivity contribution is 7.08. The van der Waals surface area contributed by atoms with Crippen molar-refractivity contribution in [2.75, 3.05) is 19.6 Å². The molecule has 2 aliphatic heterocycles. The Morgan fingerprint density at radius 3 is 2.79 bits per heavy atom. The van der Waals surface area contributed by atoms with Crippen LogP contribution in [0.15, 0.2) is 41.4 Å². The summed E-state index contributed by atoms with van der Waals surface area (Å²) in [4.78, 5) is 33.4. The molecule has 2 saturated heterocycles. The molecule has 2 fully saturated rings. The average molecular weight is 415 g/mol. The fraction of sp³-hybridized carbons (Fsp3) is 0.476. The molecule has 4 rings (SSSR count). The van der Waals surface area contributed by atoms with Crippen molar-refractivity contribution >= 4 is 23.2 Å². The summed E-state index contributed by atoms with van der Waals surface area (Å²) >= 11 is 1.53. The van der Waals surface area contributed by atoms with Gasteiger partial charge in [-0.2, -0.15) is 11.3 Å². The van der Waals surface area contributed by atoms with Gasteiger partial charge in [-0.3, -0.25) is 19.5 Å². The number of amides is 2. The van der Waals surface area contributed by atoms with Gasteiger partial charge in [0.1, 0.15) is 0 Å². The fourth-order valence-corrected chi connectivity index (χ4v) is 4.91. The molecule has 0 aliphatic carbocycles.